The maximum absolute atomic E-state index is 13.8. The van der Waals surface area contributed by atoms with E-state index in [0.29, 0.717) is 35.8 Å². The van der Waals surface area contributed by atoms with E-state index in [1.165, 1.54) is 6.20 Å². The van der Waals surface area contributed by atoms with Crippen molar-refractivity contribution in [2.24, 2.45) is 10.7 Å². The Morgan fingerprint density at radius 3 is 2.61 bits per heavy atom. The van der Waals surface area contributed by atoms with Gasteiger partial charge in [0.05, 0.1) is 12.4 Å². The Kier molecular flexibility index (Phi) is 11.4. The second-order valence-corrected chi connectivity index (χ2v) is 8.19. The Bertz CT molecular complexity index is 1160. The average Bonchev–Trinajstić information content (AvgIpc) is 3.36. The summed E-state index contributed by atoms with van der Waals surface area (Å²) >= 11 is 0. The van der Waals surface area contributed by atoms with Gasteiger partial charge in [-0.05, 0) is 54.3 Å². The van der Waals surface area contributed by atoms with E-state index in [9.17, 15) is 18.4 Å². The van der Waals surface area contributed by atoms with Crippen LogP contribution < -0.4 is 5.73 Å². The van der Waals surface area contributed by atoms with Gasteiger partial charge < -0.3 is 20.0 Å². The number of rotatable bonds is 10. The molecule has 2 aromatic heterocycles. The van der Waals surface area contributed by atoms with Crippen molar-refractivity contribution >= 4 is 18.0 Å². The van der Waals surface area contributed by atoms with E-state index in [-0.39, 0.29) is 18.4 Å². The fourth-order valence-corrected chi connectivity index (χ4v) is 3.35. The van der Waals surface area contributed by atoms with Crippen LogP contribution in [0.2, 0.25) is 0 Å². The molecule has 0 radical (unpaired) electrons. The Morgan fingerprint density at radius 1 is 1.19 bits per heavy atom. The molecule has 0 saturated heterocycles. The number of carbonyl (C=O) groups excluding carboxylic acids is 2. The number of unbranched alkanes of at least 4 members (excludes halogenated alkanes) is 1. The topological polar surface area (TPSA) is 93.6 Å². The number of carbonyl (C=O) groups is 2. The molecule has 0 aliphatic heterocycles. The zero-order valence-corrected chi connectivity index (χ0v) is 20.9. The summed E-state index contributed by atoms with van der Waals surface area (Å²) in [5, 5.41) is 0. The van der Waals surface area contributed by atoms with Crippen molar-refractivity contribution in [2.45, 2.75) is 38.8 Å². The van der Waals surface area contributed by atoms with E-state index in [0.717, 1.165) is 18.7 Å². The second kappa shape index (κ2) is 14.5. The number of Topliss-reactive ketones (excluding diaryl/α,β-unsaturated/α-hetero) is 1. The number of aliphatic imine (C=N–C) groups is 1. The Morgan fingerprint density at radius 2 is 1.97 bits per heavy atom. The molecule has 7 nitrogen and oxygen atoms in total. The van der Waals surface area contributed by atoms with Gasteiger partial charge in [-0.3, -0.25) is 9.18 Å². The molecule has 2 N–H and O–H groups in total. The second-order valence-electron chi connectivity index (χ2n) is 8.19. The van der Waals surface area contributed by atoms with Gasteiger partial charge >= 0.3 is 0 Å². The summed E-state index contributed by atoms with van der Waals surface area (Å²) in [4.78, 5) is 32.2. The van der Waals surface area contributed by atoms with Crippen molar-refractivity contribution in [3.8, 4) is 11.1 Å². The number of hydrogen-bond acceptors (Lipinski definition) is 4. The van der Waals surface area contributed by atoms with Gasteiger partial charge in [0, 0.05) is 45.0 Å². The SMILES string of the molecule is CCC(=O)c1cccn1CCCCF.CN(C)C(N)=NC(C=O)c1cccc(-c2cccnc2F)c1. The molecule has 0 aliphatic rings. The lowest BCUT2D eigenvalue weighted by Gasteiger charge is -2.14. The van der Waals surface area contributed by atoms with E-state index in [1.807, 2.05) is 29.8 Å². The molecule has 0 bridgehead atoms. The van der Waals surface area contributed by atoms with Crippen LogP contribution in [0.5, 0.6) is 0 Å². The predicted molar refractivity (Wildman–Crippen MR) is 138 cm³/mol. The maximum atomic E-state index is 13.8. The van der Waals surface area contributed by atoms with Gasteiger partial charge in [0.25, 0.3) is 0 Å². The van der Waals surface area contributed by atoms with Crippen molar-refractivity contribution in [2.75, 3.05) is 20.8 Å². The number of nitrogens with zero attached hydrogens (tertiary/aromatic N) is 4. The molecule has 192 valence electrons. The Balaban J connectivity index is 0.000000281. The Labute approximate surface area is 210 Å². The summed E-state index contributed by atoms with van der Waals surface area (Å²) in [5.41, 5.74) is 8.14. The molecular weight excluding hydrogens is 464 g/mol. The largest absolute Gasteiger partial charge is 0.370 e. The number of aryl methyl sites for hydroxylation is 1. The van der Waals surface area contributed by atoms with Crippen LogP contribution in [0.4, 0.5) is 8.78 Å². The third-order valence-electron chi connectivity index (χ3n) is 5.38. The molecule has 3 rings (SSSR count). The average molecular weight is 498 g/mol. The number of guanidine groups is 1. The van der Waals surface area contributed by atoms with Gasteiger partial charge in [0.15, 0.2) is 11.7 Å². The first-order chi connectivity index (χ1) is 17.3. The van der Waals surface area contributed by atoms with E-state index in [1.54, 1.807) is 55.4 Å². The van der Waals surface area contributed by atoms with Crippen molar-refractivity contribution in [3.05, 3.63) is 78.1 Å². The highest BCUT2D eigenvalue weighted by molar-refractivity contribution is 5.94. The molecule has 2 heterocycles. The lowest BCUT2D eigenvalue weighted by Crippen LogP contribution is -2.31. The lowest BCUT2D eigenvalue weighted by molar-refractivity contribution is -0.108. The van der Waals surface area contributed by atoms with Crippen LogP contribution >= 0.6 is 0 Å². The van der Waals surface area contributed by atoms with E-state index < -0.39 is 12.0 Å². The predicted octanol–water partition coefficient (Wildman–Crippen LogP) is 4.83. The fourth-order valence-electron chi connectivity index (χ4n) is 3.35. The monoisotopic (exact) mass is 497 g/mol. The molecule has 1 aromatic carbocycles. The number of halogens is 2. The molecule has 0 spiro atoms. The minimum absolute atomic E-state index is 0.148. The number of nitrogens with two attached hydrogens (primary N) is 1. The summed E-state index contributed by atoms with van der Waals surface area (Å²) in [6, 6.07) is 13.2. The molecule has 36 heavy (non-hydrogen) atoms. The van der Waals surface area contributed by atoms with Gasteiger partial charge in [0.1, 0.15) is 12.3 Å². The smallest absolute Gasteiger partial charge is 0.220 e. The molecular formula is C27H33F2N5O2. The standard InChI is InChI=1S/C16H17FN4O.C11H16FNO/c1-21(2)16(18)20-14(10-22)12-6-3-5-11(9-12)13-7-4-8-19-15(13)17;1-2-11(14)10-6-5-9-13(10)8-4-3-7-12/h3-10,14H,1-2H3,(H2,18,20);5-6,9H,2-4,7-8H2,1H3. The summed E-state index contributed by atoms with van der Waals surface area (Å²) in [5.74, 6) is -0.163. The number of aromatic nitrogens is 2. The minimum atomic E-state index is -0.734. The first kappa shape index (κ1) is 28.4. The van der Waals surface area contributed by atoms with Crippen LogP contribution in [0.3, 0.4) is 0 Å². The molecule has 1 unspecified atom stereocenters. The summed E-state index contributed by atoms with van der Waals surface area (Å²) in [6.45, 7) is 2.30. The third kappa shape index (κ3) is 8.11. The van der Waals surface area contributed by atoms with Crippen molar-refractivity contribution < 1.29 is 18.4 Å². The van der Waals surface area contributed by atoms with E-state index >= 15 is 0 Å². The van der Waals surface area contributed by atoms with Crippen LogP contribution in [-0.4, -0.2) is 53.2 Å². The number of alkyl halides is 1. The highest BCUT2D eigenvalue weighted by Gasteiger charge is 2.13. The number of benzene rings is 1. The zero-order valence-electron chi connectivity index (χ0n) is 20.9. The molecule has 0 amide bonds. The van der Waals surface area contributed by atoms with Crippen LogP contribution in [-0.2, 0) is 11.3 Å². The zero-order chi connectivity index (χ0) is 26.5. The molecule has 1 atom stereocenters. The third-order valence-corrected chi connectivity index (χ3v) is 5.38. The normalized spacial score (nSPS) is 11.9. The molecule has 0 fully saturated rings. The van der Waals surface area contributed by atoms with E-state index in [2.05, 4.69) is 9.98 Å². The van der Waals surface area contributed by atoms with Gasteiger partial charge in [-0.1, -0.05) is 25.1 Å². The van der Waals surface area contributed by atoms with Crippen LogP contribution in [0.15, 0.2) is 65.9 Å². The van der Waals surface area contributed by atoms with Crippen molar-refractivity contribution in [1.29, 1.82) is 0 Å². The molecule has 9 heteroatoms. The lowest BCUT2D eigenvalue weighted by atomic mass is 10.0. The highest BCUT2D eigenvalue weighted by Crippen LogP contribution is 2.25. The first-order valence-corrected chi connectivity index (χ1v) is 11.7. The molecule has 3 aromatic rings. The van der Waals surface area contributed by atoms with Gasteiger partial charge in [-0.25, -0.2) is 9.98 Å². The van der Waals surface area contributed by atoms with Gasteiger partial charge in [-0.15, -0.1) is 0 Å². The number of aldehydes is 1. The first-order valence-electron chi connectivity index (χ1n) is 11.7. The fraction of sp³-hybridized carbons (Fsp3) is 0.333. The minimum Gasteiger partial charge on any atom is -0.370 e. The number of ketones is 1. The maximum Gasteiger partial charge on any atom is 0.220 e. The van der Waals surface area contributed by atoms with Gasteiger partial charge in [-0.2, -0.15) is 4.39 Å². The summed E-state index contributed by atoms with van der Waals surface area (Å²) in [7, 11) is 3.48. The number of pyridine rings is 1. The highest BCUT2D eigenvalue weighted by atomic mass is 19.1. The van der Waals surface area contributed by atoms with Crippen LogP contribution in [0, 0.1) is 5.95 Å². The quantitative estimate of drug-likeness (QED) is 0.108. The Hall–Kier alpha value is -3.88. The summed E-state index contributed by atoms with van der Waals surface area (Å²) < 4.78 is 27.5. The van der Waals surface area contributed by atoms with E-state index in [4.69, 9.17) is 5.73 Å². The van der Waals surface area contributed by atoms with Crippen molar-refractivity contribution in [3.63, 3.8) is 0 Å². The van der Waals surface area contributed by atoms with Crippen LogP contribution in [0.25, 0.3) is 11.1 Å². The van der Waals surface area contributed by atoms with Crippen LogP contribution in [0.1, 0.15) is 48.3 Å². The summed E-state index contributed by atoms with van der Waals surface area (Å²) in [6.07, 6.45) is 5.84. The molecule has 0 saturated carbocycles. The van der Waals surface area contributed by atoms with Crippen molar-refractivity contribution in [1.82, 2.24) is 14.5 Å². The molecule has 0 aliphatic carbocycles. The number of hydrogen-bond donors (Lipinski definition) is 1. The van der Waals surface area contributed by atoms with Gasteiger partial charge in [0.2, 0.25) is 5.95 Å².